The van der Waals surface area contributed by atoms with Crippen molar-refractivity contribution in [2.45, 2.75) is 76.9 Å². The predicted octanol–water partition coefficient (Wildman–Crippen LogP) is 3.36. The number of halogens is 1. The van der Waals surface area contributed by atoms with Crippen molar-refractivity contribution in [2.75, 3.05) is 12.0 Å². The molecule has 0 aliphatic carbocycles. The molecule has 0 amide bonds. The Balaban J connectivity index is 0.00000441. The van der Waals surface area contributed by atoms with Crippen LogP contribution in [0.2, 0.25) is 0 Å². The molecule has 0 saturated carbocycles. The molecule has 0 aliphatic heterocycles. The molecule has 128 valence electrons. The van der Waals surface area contributed by atoms with Crippen LogP contribution in [0.3, 0.4) is 0 Å². The van der Waals surface area contributed by atoms with Gasteiger partial charge in [0, 0.05) is 5.56 Å². The summed E-state index contributed by atoms with van der Waals surface area (Å²) in [4.78, 5) is 0. The highest BCUT2D eigenvalue weighted by atomic mass is 79.9. The Morgan fingerprint density at radius 1 is 0.727 bits per heavy atom. The minimum atomic E-state index is 0. The maximum Gasteiger partial charge on any atom is 0.132 e. The molecule has 1 unspecified atom stereocenters. The molecule has 0 radical (unpaired) electrons. The normalized spacial score (nSPS) is 11.9. The summed E-state index contributed by atoms with van der Waals surface area (Å²) in [6.07, 6.45) is 16.9. The molecule has 1 aromatic carbocycles. The van der Waals surface area contributed by atoms with Gasteiger partial charge in [0.05, 0.1) is 6.26 Å². The third-order valence-corrected chi connectivity index (χ3v) is 5.91. The molecular weight excluding hydrogens is 352 g/mol. The molecule has 0 heterocycles. The van der Waals surface area contributed by atoms with E-state index >= 15 is 0 Å². The van der Waals surface area contributed by atoms with Gasteiger partial charge in [-0.05, 0) is 23.7 Å². The monoisotopic (exact) mass is 386 g/mol. The van der Waals surface area contributed by atoms with Crippen LogP contribution in [0.15, 0.2) is 30.3 Å². The van der Waals surface area contributed by atoms with Crippen molar-refractivity contribution in [3.63, 3.8) is 0 Å². The van der Waals surface area contributed by atoms with Crippen LogP contribution >= 0.6 is 0 Å². The Morgan fingerprint density at radius 3 is 1.77 bits per heavy atom. The van der Waals surface area contributed by atoms with E-state index in [1.807, 2.05) is 0 Å². The van der Waals surface area contributed by atoms with Crippen molar-refractivity contribution >= 4 is 10.9 Å². The van der Waals surface area contributed by atoms with Gasteiger partial charge in [-0.1, -0.05) is 88.6 Å². The molecule has 1 rings (SSSR count). The van der Waals surface area contributed by atoms with Crippen LogP contribution in [0, 0.1) is 0 Å². The smallest absolute Gasteiger partial charge is 0.132 e. The summed E-state index contributed by atoms with van der Waals surface area (Å²) in [6.45, 7) is 2.29. The number of benzene rings is 1. The fourth-order valence-electron chi connectivity index (χ4n) is 2.77. The van der Waals surface area contributed by atoms with Crippen molar-refractivity contribution in [2.24, 2.45) is 0 Å². The zero-order valence-electron chi connectivity index (χ0n) is 14.7. The Bertz CT molecular complexity index is 326. The highest BCUT2D eigenvalue weighted by Crippen LogP contribution is 2.12. The van der Waals surface area contributed by atoms with E-state index in [-0.39, 0.29) is 17.0 Å². The molecule has 0 aromatic heterocycles. The summed E-state index contributed by atoms with van der Waals surface area (Å²) in [6, 6.07) is 11.0. The van der Waals surface area contributed by atoms with Gasteiger partial charge in [0.15, 0.2) is 0 Å². The van der Waals surface area contributed by atoms with E-state index in [1.54, 1.807) is 0 Å². The summed E-state index contributed by atoms with van der Waals surface area (Å²) in [5.41, 5.74) is 1.51. The lowest BCUT2D eigenvalue weighted by Gasteiger charge is -2.04. The third kappa shape index (κ3) is 12.6. The lowest BCUT2D eigenvalue weighted by molar-refractivity contribution is -0.00000463. The minimum absolute atomic E-state index is 0. The lowest BCUT2D eigenvalue weighted by atomic mass is 10.1. The van der Waals surface area contributed by atoms with Crippen molar-refractivity contribution in [3.05, 3.63) is 35.9 Å². The number of hydrogen-bond donors (Lipinski definition) is 0. The lowest BCUT2D eigenvalue weighted by Crippen LogP contribution is -3.00. The SMILES string of the molecule is CCCCCCCCCCCC[S+](C)Cc1ccccc1.[Br-]. The largest absolute Gasteiger partial charge is 1.00 e. The Hall–Kier alpha value is 0.0500. The maximum absolute atomic E-state index is 2.43. The van der Waals surface area contributed by atoms with Crippen molar-refractivity contribution in [3.8, 4) is 0 Å². The van der Waals surface area contributed by atoms with Crippen molar-refractivity contribution in [1.82, 2.24) is 0 Å². The average Bonchev–Trinajstić information content (AvgIpc) is 2.50. The molecule has 1 atom stereocenters. The first-order valence-electron chi connectivity index (χ1n) is 8.96. The van der Waals surface area contributed by atoms with Gasteiger partial charge in [0.2, 0.25) is 0 Å². The van der Waals surface area contributed by atoms with Gasteiger partial charge in [-0.3, -0.25) is 0 Å². The number of hydrogen-bond acceptors (Lipinski definition) is 0. The molecule has 22 heavy (non-hydrogen) atoms. The van der Waals surface area contributed by atoms with Crippen LogP contribution in [0.4, 0.5) is 0 Å². The fourth-order valence-corrected chi connectivity index (χ4v) is 4.37. The summed E-state index contributed by atoms with van der Waals surface area (Å²) < 4.78 is 0. The van der Waals surface area contributed by atoms with E-state index in [4.69, 9.17) is 0 Å². The predicted molar refractivity (Wildman–Crippen MR) is 100 cm³/mol. The minimum Gasteiger partial charge on any atom is -1.00 e. The van der Waals surface area contributed by atoms with Gasteiger partial charge >= 0.3 is 0 Å². The van der Waals surface area contributed by atoms with E-state index in [9.17, 15) is 0 Å². The summed E-state index contributed by atoms with van der Waals surface area (Å²) in [5.74, 6) is 2.70. The van der Waals surface area contributed by atoms with Crippen LogP contribution in [-0.4, -0.2) is 12.0 Å². The first-order valence-corrected chi connectivity index (χ1v) is 10.9. The second kappa shape index (κ2) is 15.9. The molecule has 0 spiro atoms. The molecule has 0 fully saturated rings. The molecule has 0 aliphatic rings. The van der Waals surface area contributed by atoms with E-state index in [1.165, 1.54) is 81.3 Å². The van der Waals surface area contributed by atoms with Crippen molar-refractivity contribution < 1.29 is 17.0 Å². The third-order valence-electron chi connectivity index (χ3n) is 4.10. The van der Waals surface area contributed by atoms with Crippen molar-refractivity contribution in [1.29, 1.82) is 0 Å². The Kier molecular flexibility index (Phi) is 16.0. The highest BCUT2D eigenvalue weighted by molar-refractivity contribution is 7.95. The molecule has 2 heteroatoms. The average molecular weight is 387 g/mol. The van der Waals surface area contributed by atoms with Crippen LogP contribution in [0.1, 0.15) is 76.7 Å². The number of unbranched alkanes of at least 4 members (excludes halogenated alkanes) is 9. The second-order valence-corrected chi connectivity index (χ2v) is 8.56. The maximum atomic E-state index is 2.43. The van der Waals surface area contributed by atoms with Crippen LogP contribution in [0.5, 0.6) is 0 Å². The van der Waals surface area contributed by atoms with Gasteiger partial charge in [0.25, 0.3) is 0 Å². The molecule has 0 nitrogen and oxygen atoms in total. The standard InChI is InChI=1S/C20H35S.BrH/c1-3-4-5-6-7-8-9-10-11-15-18-21(2)19-20-16-13-12-14-17-20;/h12-14,16-17H,3-11,15,18-19H2,1-2H3;1H/q+1;/p-1. The van der Waals surface area contributed by atoms with E-state index < -0.39 is 0 Å². The van der Waals surface area contributed by atoms with Gasteiger partial charge in [-0.15, -0.1) is 0 Å². The van der Waals surface area contributed by atoms with Crippen LogP contribution in [-0.2, 0) is 16.6 Å². The van der Waals surface area contributed by atoms with E-state index in [0.717, 1.165) is 0 Å². The number of rotatable bonds is 13. The molecular formula is C20H35BrS. The Morgan fingerprint density at radius 2 is 1.23 bits per heavy atom. The molecule has 0 saturated heterocycles. The van der Waals surface area contributed by atoms with Crippen LogP contribution in [0.25, 0.3) is 0 Å². The zero-order chi connectivity index (χ0) is 15.2. The van der Waals surface area contributed by atoms with Gasteiger partial charge in [-0.2, -0.15) is 0 Å². The van der Waals surface area contributed by atoms with E-state index in [2.05, 4.69) is 43.5 Å². The Labute approximate surface area is 152 Å². The first-order chi connectivity index (χ1) is 10.3. The molecule has 1 aromatic rings. The molecule has 0 N–H and O–H groups in total. The zero-order valence-corrected chi connectivity index (χ0v) is 17.1. The highest BCUT2D eigenvalue weighted by Gasteiger charge is 2.10. The summed E-state index contributed by atoms with van der Waals surface area (Å²) >= 11 is 0. The van der Waals surface area contributed by atoms with Gasteiger partial charge < -0.3 is 17.0 Å². The van der Waals surface area contributed by atoms with Crippen LogP contribution < -0.4 is 17.0 Å². The summed E-state index contributed by atoms with van der Waals surface area (Å²) in [5, 5.41) is 0. The first kappa shape index (κ1) is 22.1. The fraction of sp³-hybridized carbons (Fsp3) is 0.700. The van der Waals surface area contributed by atoms with Gasteiger partial charge in [0.1, 0.15) is 11.5 Å². The summed E-state index contributed by atoms with van der Waals surface area (Å²) in [7, 11) is 0.566. The quantitative estimate of drug-likeness (QED) is 0.360. The van der Waals surface area contributed by atoms with Gasteiger partial charge in [-0.25, -0.2) is 0 Å². The van der Waals surface area contributed by atoms with E-state index in [0.29, 0.717) is 10.9 Å². The topological polar surface area (TPSA) is 0 Å². The second-order valence-electron chi connectivity index (χ2n) is 6.30. The molecule has 0 bridgehead atoms.